The third-order valence-corrected chi connectivity index (χ3v) is 11.7. The van der Waals surface area contributed by atoms with Gasteiger partial charge in [-0.3, -0.25) is 19.8 Å². The molecule has 6 aromatic rings. The summed E-state index contributed by atoms with van der Waals surface area (Å²) >= 11 is 0. The maximum atomic E-state index is 14.1. The van der Waals surface area contributed by atoms with Crippen LogP contribution in [0.5, 0.6) is 11.5 Å². The molecule has 8 heterocycles. The smallest absolute Gasteiger partial charge is 0.410 e. The number of hydrogen-bond donors (Lipinski definition) is 2. The van der Waals surface area contributed by atoms with Crippen molar-refractivity contribution in [1.82, 2.24) is 34.8 Å². The first-order valence-electron chi connectivity index (χ1n) is 23.4. The number of amides is 5. The summed E-state index contributed by atoms with van der Waals surface area (Å²) in [5.74, 6) is 2.46. The minimum Gasteiger partial charge on any atom is -0.485 e. The van der Waals surface area contributed by atoms with E-state index >= 15 is 0 Å². The van der Waals surface area contributed by atoms with E-state index in [0.29, 0.717) is 96.6 Å². The zero-order chi connectivity index (χ0) is 49.5. The lowest BCUT2D eigenvalue weighted by Crippen LogP contribution is -2.50. The van der Waals surface area contributed by atoms with Gasteiger partial charge in [0.1, 0.15) is 30.4 Å². The number of urea groups is 2. The van der Waals surface area contributed by atoms with Gasteiger partial charge >= 0.3 is 18.2 Å². The van der Waals surface area contributed by atoms with E-state index in [4.69, 9.17) is 24.2 Å². The minimum absolute atomic E-state index is 0.240. The van der Waals surface area contributed by atoms with Crippen molar-refractivity contribution in [3.05, 3.63) is 109 Å². The SMILES string of the molecule is CC(C)(C)OC(=O)N1CCN(c2nc(-c3cccc(F)c3)nc3c2OCCN3C(=O)Nc2ccncc2)CC1.O=C(Nc1ccncc1)N1CCOc2c(N3CCCCC3)nc(-c3cccc(F)c3)nc21. The van der Waals surface area contributed by atoms with Gasteiger partial charge in [-0.1, -0.05) is 24.3 Å². The van der Waals surface area contributed by atoms with Crippen LogP contribution in [0, 0.1) is 11.6 Å². The van der Waals surface area contributed by atoms with Gasteiger partial charge in [0, 0.05) is 86.6 Å². The number of piperazine rings is 1. The van der Waals surface area contributed by atoms with Crippen LogP contribution in [-0.2, 0) is 4.74 Å². The number of nitrogens with zero attached hydrogens (tertiary/aromatic N) is 11. The Morgan fingerprint density at radius 2 is 1.00 bits per heavy atom. The van der Waals surface area contributed by atoms with E-state index in [-0.39, 0.29) is 42.7 Å². The van der Waals surface area contributed by atoms with Crippen LogP contribution in [0.25, 0.3) is 22.8 Å². The second-order valence-corrected chi connectivity index (χ2v) is 17.9. The Labute approximate surface area is 408 Å². The first-order chi connectivity index (χ1) is 34.4. The first-order valence-corrected chi connectivity index (χ1v) is 23.4. The number of ether oxygens (including phenoxy) is 3. The predicted octanol–water partition coefficient (Wildman–Crippen LogP) is 8.26. The molecule has 5 amide bonds. The van der Waals surface area contributed by atoms with Gasteiger partial charge in [-0.2, -0.15) is 0 Å². The van der Waals surface area contributed by atoms with Crippen molar-refractivity contribution in [2.45, 2.75) is 45.6 Å². The van der Waals surface area contributed by atoms with Gasteiger partial charge in [-0.25, -0.2) is 43.1 Å². The number of hydrogen-bond acceptors (Lipinski definition) is 14. The molecule has 368 valence electrons. The molecular weight excluding hydrogens is 917 g/mol. The number of rotatable bonds is 6. The highest BCUT2D eigenvalue weighted by Gasteiger charge is 2.35. The molecule has 0 bridgehead atoms. The zero-order valence-corrected chi connectivity index (χ0v) is 39.6. The average Bonchev–Trinajstić information content (AvgIpc) is 3.38. The molecule has 10 rings (SSSR count). The fraction of sp³-hybridized carbons (Fsp3) is 0.340. The number of piperidine rings is 1. The van der Waals surface area contributed by atoms with Crippen LogP contribution >= 0.6 is 0 Å². The normalized spacial score (nSPS) is 15.5. The molecule has 0 saturated carbocycles. The Balaban J connectivity index is 0.000000179. The quantitative estimate of drug-likeness (QED) is 0.162. The fourth-order valence-electron chi connectivity index (χ4n) is 8.29. The summed E-state index contributed by atoms with van der Waals surface area (Å²) in [6, 6.07) is 18.2. The number of carbonyl (C=O) groups excluding carboxylic acids is 3. The van der Waals surface area contributed by atoms with Gasteiger partial charge in [0.25, 0.3) is 0 Å². The third-order valence-electron chi connectivity index (χ3n) is 11.7. The van der Waals surface area contributed by atoms with Crippen molar-refractivity contribution >= 4 is 52.8 Å². The van der Waals surface area contributed by atoms with Gasteiger partial charge in [0.2, 0.25) is 11.5 Å². The summed E-state index contributed by atoms with van der Waals surface area (Å²) in [6.07, 6.45) is 9.30. The molecule has 4 aliphatic rings. The van der Waals surface area contributed by atoms with Gasteiger partial charge in [0.05, 0.1) is 13.1 Å². The van der Waals surface area contributed by atoms with Crippen LogP contribution in [0.2, 0.25) is 0 Å². The maximum Gasteiger partial charge on any atom is 0.410 e. The van der Waals surface area contributed by atoms with Crippen LogP contribution in [0.4, 0.5) is 57.8 Å². The molecule has 4 aliphatic heterocycles. The molecule has 71 heavy (non-hydrogen) atoms. The fourth-order valence-corrected chi connectivity index (χ4v) is 8.29. The number of nitrogens with one attached hydrogen (secondary N) is 2. The number of aromatic nitrogens is 6. The lowest BCUT2D eigenvalue weighted by Gasteiger charge is -2.38. The van der Waals surface area contributed by atoms with Crippen molar-refractivity contribution in [3.8, 4) is 34.3 Å². The summed E-state index contributed by atoms with van der Waals surface area (Å²) in [5, 5.41) is 5.73. The number of halogens is 2. The Morgan fingerprint density at radius 1 is 0.563 bits per heavy atom. The van der Waals surface area contributed by atoms with Crippen LogP contribution in [0.15, 0.2) is 97.6 Å². The predicted molar refractivity (Wildman–Crippen MR) is 263 cm³/mol. The Morgan fingerprint density at radius 3 is 1.44 bits per heavy atom. The molecule has 0 aliphatic carbocycles. The molecule has 2 saturated heterocycles. The van der Waals surface area contributed by atoms with E-state index < -0.39 is 17.4 Å². The maximum absolute atomic E-state index is 14.1. The summed E-state index contributed by atoms with van der Waals surface area (Å²) in [7, 11) is 0. The van der Waals surface area contributed by atoms with Crippen molar-refractivity contribution in [3.63, 3.8) is 0 Å². The largest absolute Gasteiger partial charge is 0.485 e. The van der Waals surface area contributed by atoms with E-state index in [0.717, 1.165) is 25.9 Å². The van der Waals surface area contributed by atoms with Crippen LogP contribution in [0.1, 0.15) is 40.0 Å². The van der Waals surface area contributed by atoms with E-state index in [9.17, 15) is 23.2 Å². The minimum atomic E-state index is -0.589. The average molecular weight is 970 g/mol. The first kappa shape index (κ1) is 47.8. The monoisotopic (exact) mass is 969 g/mol. The molecule has 0 radical (unpaired) electrons. The van der Waals surface area contributed by atoms with E-state index in [1.165, 1.54) is 35.6 Å². The van der Waals surface area contributed by atoms with Crippen molar-refractivity contribution in [1.29, 1.82) is 0 Å². The lowest BCUT2D eigenvalue weighted by molar-refractivity contribution is 0.0240. The van der Waals surface area contributed by atoms with Crippen LogP contribution < -0.4 is 39.7 Å². The van der Waals surface area contributed by atoms with Crippen molar-refractivity contribution in [2.24, 2.45) is 0 Å². The molecule has 21 heteroatoms. The summed E-state index contributed by atoms with van der Waals surface area (Å²) < 4.78 is 45.5. The molecule has 0 spiro atoms. The highest BCUT2D eigenvalue weighted by Crippen LogP contribution is 2.42. The number of fused-ring (bicyclic) bond motifs is 2. The van der Waals surface area contributed by atoms with Crippen LogP contribution in [-0.4, -0.2) is 124 Å². The number of benzene rings is 2. The number of carbonyl (C=O) groups is 3. The second kappa shape index (κ2) is 21.2. The Hall–Kier alpha value is -8.23. The second-order valence-electron chi connectivity index (χ2n) is 17.9. The molecule has 2 N–H and O–H groups in total. The van der Waals surface area contributed by atoms with Gasteiger partial charge in [0.15, 0.2) is 34.9 Å². The molecule has 0 atom stereocenters. The zero-order valence-electron chi connectivity index (χ0n) is 39.6. The molecule has 4 aromatic heterocycles. The highest BCUT2D eigenvalue weighted by atomic mass is 19.1. The Kier molecular flexibility index (Phi) is 14.3. The molecule has 2 fully saturated rings. The molecule has 2 aromatic carbocycles. The summed E-state index contributed by atoms with van der Waals surface area (Å²) in [4.78, 5) is 74.6. The lowest BCUT2D eigenvalue weighted by atomic mass is 10.1. The van der Waals surface area contributed by atoms with Crippen molar-refractivity contribution < 1.29 is 37.4 Å². The topological polar surface area (TPSA) is 196 Å². The van der Waals surface area contributed by atoms with Crippen LogP contribution in [0.3, 0.4) is 0 Å². The van der Waals surface area contributed by atoms with Gasteiger partial charge in [-0.05, 0) is 88.6 Å². The van der Waals surface area contributed by atoms with E-state index in [1.54, 1.807) is 83.1 Å². The van der Waals surface area contributed by atoms with E-state index in [1.807, 2.05) is 25.7 Å². The van der Waals surface area contributed by atoms with E-state index in [2.05, 4.69) is 35.5 Å². The third kappa shape index (κ3) is 11.5. The number of pyridine rings is 2. The number of anilines is 6. The van der Waals surface area contributed by atoms with Crippen molar-refractivity contribution in [2.75, 3.05) is 95.8 Å². The summed E-state index contributed by atoms with van der Waals surface area (Å²) in [5.41, 5.74) is 1.64. The molecule has 0 unspecified atom stereocenters. The molecule has 19 nitrogen and oxygen atoms in total. The summed E-state index contributed by atoms with van der Waals surface area (Å²) in [6.45, 7) is 10.1. The highest BCUT2D eigenvalue weighted by molar-refractivity contribution is 6.04. The molecular formula is C50H53F2N13O6. The standard InChI is InChI=1S/C27H30FN7O4.C23H23FN6O2/c1-27(2,3)39-26(37)34-13-11-33(12-14-34)23-21-24(32-22(31-23)18-5-4-6-19(28)17-18)35(15-16-38-21)25(36)30-20-7-9-29-10-8-20;24-17-6-4-5-16(15-17)20-27-21(29-11-2-1-3-12-29)19-22(28-20)30(13-14-32-19)23(31)26-18-7-9-25-10-8-18/h4-10,17H,11-16H2,1-3H3,(H,29,30,36);4-10,15H,1-3,11-14H2,(H,25,26,31). The van der Waals surface area contributed by atoms with Gasteiger partial charge < -0.3 is 39.5 Å². The Bertz CT molecular complexity index is 2860. The van der Waals surface area contributed by atoms with Gasteiger partial charge in [-0.15, -0.1) is 0 Å².